The molecule has 0 N–H and O–H groups in total. The van der Waals surface area contributed by atoms with Gasteiger partial charge in [0.25, 0.3) is 0 Å². The SMILES string of the molecule is CC12C3CCC(C3)C1CC1C3C=CC(C3)C12. The summed E-state index contributed by atoms with van der Waals surface area (Å²) in [6, 6.07) is 0. The van der Waals surface area contributed by atoms with Gasteiger partial charge < -0.3 is 0 Å². The first-order valence-electron chi connectivity index (χ1n) is 7.47. The van der Waals surface area contributed by atoms with Crippen LogP contribution in [-0.4, -0.2) is 0 Å². The smallest absolute Gasteiger partial charge is 0.0191 e. The van der Waals surface area contributed by atoms with Crippen molar-refractivity contribution >= 4 is 0 Å². The van der Waals surface area contributed by atoms with Gasteiger partial charge >= 0.3 is 0 Å². The van der Waals surface area contributed by atoms with Gasteiger partial charge in [0, 0.05) is 0 Å². The van der Waals surface area contributed by atoms with Gasteiger partial charge in [0.15, 0.2) is 0 Å². The van der Waals surface area contributed by atoms with Gasteiger partial charge in [-0.05, 0) is 78.9 Å². The van der Waals surface area contributed by atoms with Crippen LogP contribution in [-0.2, 0) is 0 Å². The summed E-state index contributed by atoms with van der Waals surface area (Å²) in [5.41, 5.74) is 0.776. The molecular formula is C16H22. The summed E-state index contributed by atoms with van der Waals surface area (Å²) in [4.78, 5) is 0. The van der Waals surface area contributed by atoms with Gasteiger partial charge in [0.1, 0.15) is 0 Å². The molecule has 4 saturated carbocycles. The average Bonchev–Trinajstić information content (AvgIpc) is 2.98. The maximum Gasteiger partial charge on any atom is -0.0191 e. The van der Waals surface area contributed by atoms with Crippen LogP contribution in [0, 0.1) is 46.8 Å². The molecule has 0 amide bonds. The van der Waals surface area contributed by atoms with Crippen molar-refractivity contribution in [1.29, 1.82) is 0 Å². The van der Waals surface area contributed by atoms with Gasteiger partial charge in [0.05, 0.1) is 0 Å². The van der Waals surface area contributed by atoms with Crippen LogP contribution in [0.2, 0.25) is 0 Å². The molecule has 0 heteroatoms. The Morgan fingerprint density at radius 2 is 1.88 bits per heavy atom. The summed E-state index contributed by atoms with van der Waals surface area (Å²) >= 11 is 0. The Balaban J connectivity index is 1.65. The average molecular weight is 214 g/mol. The van der Waals surface area contributed by atoms with E-state index in [1.807, 2.05) is 0 Å². The Labute approximate surface area is 98.5 Å². The van der Waals surface area contributed by atoms with Crippen LogP contribution in [0.15, 0.2) is 12.2 Å². The highest BCUT2D eigenvalue weighted by Gasteiger charge is 2.68. The second-order valence-electron chi connectivity index (χ2n) is 7.62. The maximum absolute atomic E-state index is 2.70. The first-order chi connectivity index (χ1) is 7.78. The lowest BCUT2D eigenvalue weighted by atomic mass is 9.62. The Hall–Kier alpha value is -0.260. The zero-order valence-electron chi connectivity index (χ0n) is 10.2. The van der Waals surface area contributed by atoms with Crippen LogP contribution in [0.5, 0.6) is 0 Å². The maximum atomic E-state index is 2.70. The fourth-order valence-corrected chi connectivity index (χ4v) is 7.18. The van der Waals surface area contributed by atoms with Gasteiger partial charge in [-0.1, -0.05) is 19.1 Å². The summed E-state index contributed by atoms with van der Waals surface area (Å²) < 4.78 is 0. The Morgan fingerprint density at radius 3 is 2.81 bits per heavy atom. The van der Waals surface area contributed by atoms with Crippen molar-refractivity contribution in [3.63, 3.8) is 0 Å². The lowest BCUT2D eigenvalue weighted by molar-refractivity contribution is 0.0616. The van der Waals surface area contributed by atoms with E-state index in [1.165, 1.54) is 6.42 Å². The van der Waals surface area contributed by atoms with Gasteiger partial charge in [0.2, 0.25) is 0 Å². The van der Waals surface area contributed by atoms with E-state index < -0.39 is 0 Å². The second kappa shape index (κ2) is 2.44. The standard InChI is InChI=1S/C16H22/c1-16-12-5-4-10(7-12)14(16)8-13-9-2-3-11(6-9)15(13)16/h2-3,9-15H,4-8H2,1H3. The van der Waals surface area contributed by atoms with Gasteiger partial charge in [-0.25, -0.2) is 0 Å². The molecule has 8 unspecified atom stereocenters. The Morgan fingerprint density at radius 1 is 1.00 bits per heavy atom. The van der Waals surface area contributed by atoms with Crippen LogP contribution in [0.4, 0.5) is 0 Å². The van der Waals surface area contributed by atoms with E-state index in [9.17, 15) is 0 Å². The molecule has 5 rings (SSSR count). The highest BCUT2D eigenvalue weighted by Crippen LogP contribution is 2.75. The van der Waals surface area contributed by atoms with E-state index in [4.69, 9.17) is 0 Å². The molecule has 5 aliphatic rings. The normalized spacial score (nSPS) is 68.9. The predicted molar refractivity (Wildman–Crippen MR) is 64.8 cm³/mol. The van der Waals surface area contributed by atoms with E-state index in [1.54, 1.807) is 25.7 Å². The summed E-state index contributed by atoms with van der Waals surface area (Å²) in [5.74, 6) is 7.58. The van der Waals surface area contributed by atoms with Crippen molar-refractivity contribution in [1.82, 2.24) is 0 Å². The molecule has 0 saturated heterocycles. The first kappa shape index (κ1) is 8.78. The van der Waals surface area contributed by atoms with Crippen molar-refractivity contribution in [3.05, 3.63) is 12.2 Å². The van der Waals surface area contributed by atoms with Crippen molar-refractivity contribution in [2.75, 3.05) is 0 Å². The summed E-state index contributed by atoms with van der Waals surface area (Å²) in [6.45, 7) is 2.70. The van der Waals surface area contributed by atoms with E-state index >= 15 is 0 Å². The molecule has 16 heavy (non-hydrogen) atoms. The Bertz CT molecular complexity index is 381. The highest BCUT2D eigenvalue weighted by atomic mass is 14.7. The van der Waals surface area contributed by atoms with Crippen molar-refractivity contribution in [2.24, 2.45) is 46.8 Å². The van der Waals surface area contributed by atoms with Crippen LogP contribution in [0.1, 0.15) is 39.0 Å². The van der Waals surface area contributed by atoms with Crippen molar-refractivity contribution < 1.29 is 0 Å². The molecule has 0 heterocycles. The van der Waals surface area contributed by atoms with E-state index in [2.05, 4.69) is 19.1 Å². The molecule has 4 fully saturated rings. The summed E-state index contributed by atoms with van der Waals surface area (Å²) in [5, 5.41) is 0. The Kier molecular flexibility index (Phi) is 1.34. The molecule has 5 aliphatic carbocycles. The molecule has 4 bridgehead atoms. The zero-order chi connectivity index (χ0) is 10.5. The third-order valence-corrected chi connectivity index (χ3v) is 7.59. The van der Waals surface area contributed by atoms with E-state index in [-0.39, 0.29) is 0 Å². The minimum Gasteiger partial charge on any atom is -0.0848 e. The van der Waals surface area contributed by atoms with Crippen molar-refractivity contribution in [3.8, 4) is 0 Å². The lowest BCUT2D eigenvalue weighted by Gasteiger charge is -2.43. The third kappa shape index (κ3) is 0.718. The van der Waals surface area contributed by atoms with Gasteiger partial charge in [-0.3, -0.25) is 0 Å². The molecular weight excluding hydrogens is 192 g/mol. The highest BCUT2D eigenvalue weighted by molar-refractivity contribution is 5.24. The fourth-order valence-electron chi connectivity index (χ4n) is 7.18. The molecule has 0 aliphatic heterocycles. The van der Waals surface area contributed by atoms with Gasteiger partial charge in [-0.2, -0.15) is 0 Å². The first-order valence-corrected chi connectivity index (χ1v) is 7.47. The molecule has 0 radical (unpaired) electrons. The molecule has 86 valence electrons. The fraction of sp³-hybridized carbons (Fsp3) is 0.875. The quantitative estimate of drug-likeness (QED) is 0.537. The summed E-state index contributed by atoms with van der Waals surface area (Å²) in [6.07, 6.45) is 13.0. The lowest BCUT2D eigenvalue weighted by Crippen LogP contribution is -2.37. The number of allylic oxidation sites excluding steroid dienone is 2. The van der Waals surface area contributed by atoms with Gasteiger partial charge in [-0.15, -0.1) is 0 Å². The molecule has 0 spiro atoms. The molecule has 8 atom stereocenters. The van der Waals surface area contributed by atoms with Crippen LogP contribution in [0.3, 0.4) is 0 Å². The van der Waals surface area contributed by atoms with Crippen LogP contribution < -0.4 is 0 Å². The number of rotatable bonds is 0. The summed E-state index contributed by atoms with van der Waals surface area (Å²) in [7, 11) is 0. The minimum absolute atomic E-state index is 0.776. The van der Waals surface area contributed by atoms with Crippen molar-refractivity contribution in [2.45, 2.75) is 39.0 Å². The molecule has 0 aromatic heterocycles. The molecule has 0 nitrogen and oxygen atoms in total. The predicted octanol–water partition coefficient (Wildman–Crippen LogP) is 3.88. The third-order valence-electron chi connectivity index (χ3n) is 7.59. The second-order valence-corrected chi connectivity index (χ2v) is 7.62. The topological polar surface area (TPSA) is 0 Å². The van der Waals surface area contributed by atoms with E-state index in [0.717, 1.165) is 46.8 Å². The number of fused-ring (bicyclic) bond motifs is 11. The molecule has 0 aromatic carbocycles. The zero-order valence-corrected chi connectivity index (χ0v) is 10.2. The monoisotopic (exact) mass is 214 g/mol. The minimum atomic E-state index is 0.776. The largest absolute Gasteiger partial charge is 0.0848 e. The van der Waals surface area contributed by atoms with Crippen LogP contribution in [0.25, 0.3) is 0 Å². The number of hydrogen-bond donors (Lipinski definition) is 0. The van der Waals surface area contributed by atoms with Crippen LogP contribution >= 0.6 is 0 Å². The van der Waals surface area contributed by atoms with E-state index in [0.29, 0.717) is 0 Å². The molecule has 0 aromatic rings. The number of hydrogen-bond acceptors (Lipinski definition) is 0.